The molecule has 5 heteroatoms. The summed E-state index contributed by atoms with van der Waals surface area (Å²) in [7, 11) is 0. The lowest BCUT2D eigenvalue weighted by atomic mass is 10.1. The van der Waals surface area contributed by atoms with Crippen molar-refractivity contribution in [3.05, 3.63) is 60.0 Å². The minimum atomic E-state index is 0.478. The van der Waals surface area contributed by atoms with Crippen molar-refractivity contribution in [3.8, 4) is 5.82 Å². The van der Waals surface area contributed by atoms with E-state index in [0.717, 1.165) is 23.0 Å². The molecule has 0 unspecified atom stereocenters. The molecule has 0 aromatic carbocycles. The van der Waals surface area contributed by atoms with Gasteiger partial charge in [0.25, 0.3) is 0 Å². The molecule has 0 saturated carbocycles. The van der Waals surface area contributed by atoms with Gasteiger partial charge in [-0.05, 0) is 42.2 Å². The molecule has 112 valence electrons. The summed E-state index contributed by atoms with van der Waals surface area (Å²) < 4.78 is 1.76. The van der Waals surface area contributed by atoms with Crippen molar-refractivity contribution >= 4 is 11.6 Å². The maximum absolute atomic E-state index is 4.56. The Morgan fingerprint density at radius 3 is 2.55 bits per heavy atom. The Labute approximate surface area is 130 Å². The molecule has 0 radical (unpaired) electrons. The third kappa shape index (κ3) is 3.14. The monoisotopic (exact) mass is 293 g/mol. The Kier molecular flexibility index (Phi) is 3.87. The zero-order chi connectivity index (χ0) is 15.5. The summed E-state index contributed by atoms with van der Waals surface area (Å²) >= 11 is 0. The van der Waals surface area contributed by atoms with E-state index in [2.05, 4.69) is 40.3 Å². The van der Waals surface area contributed by atoms with Crippen LogP contribution in [0.25, 0.3) is 5.82 Å². The molecule has 0 fully saturated rings. The van der Waals surface area contributed by atoms with Crippen LogP contribution in [0.1, 0.15) is 30.9 Å². The number of pyridine rings is 2. The molecule has 0 atom stereocenters. The van der Waals surface area contributed by atoms with E-state index in [0.29, 0.717) is 5.92 Å². The summed E-state index contributed by atoms with van der Waals surface area (Å²) in [5.74, 6) is 2.78. The number of aromatic nitrogens is 4. The molecule has 3 rings (SSSR count). The Balaban J connectivity index is 1.80. The second-order valence-corrected chi connectivity index (χ2v) is 5.60. The minimum Gasteiger partial charge on any atom is -0.325 e. The van der Waals surface area contributed by atoms with E-state index in [9.17, 15) is 0 Å². The standard InChI is InChI=1S/C17H19N5/c1-12(2)14-7-8-15(18-10-14)20-16-5-4-6-17(21-16)22-11-13(3)9-19-22/h4-12H,1-3H3,(H,18,20,21). The number of hydrogen-bond acceptors (Lipinski definition) is 4. The molecule has 22 heavy (non-hydrogen) atoms. The molecule has 0 bridgehead atoms. The fourth-order valence-corrected chi connectivity index (χ4v) is 2.11. The third-order valence-corrected chi connectivity index (χ3v) is 3.39. The van der Waals surface area contributed by atoms with E-state index < -0.39 is 0 Å². The quantitative estimate of drug-likeness (QED) is 0.794. The molecular weight excluding hydrogens is 274 g/mol. The molecule has 1 N–H and O–H groups in total. The molecular formula is C17H19N5. The van der Waals surface area contributed by atoms with Gasteiger partial charge in [0, 0.05) is 12.4 Å². The molecule has 0 aliphatic heterocycles. The van der Waals surface area contributed by atoms with Gasteiger partial charge in [0.05, 0.1) is 6.20 Å². The zero-order valence-electron chi connectivity index (χ0n) is 13.0. The maximum atomic E-state index is 4.56. The predicted molar refractivity (Wildman–Crippen MR) is 87.7 cm³/mol. The predicted octanol–water partition coefficient (Wildman–Crippen LogP) is 3.84. The van der Waals surface area contributed by atoms with Gasteiger partial charge in [0.2, 0.25) is 0 Å². The van der Waals surface area contributed by atoms with E-state index in [1.54, 1.807) is 4.68 Å². The van der Waals surface area contributed by atoms with Crippen molar-refractivity contribution in [2.24, 2.45) is 0 Å². The number of aryl methyl sites for hydroxylation is 1. The van der Waals surface area contributed by atoms with E-state index in [1.165, 1.54) is 5.56 Å². The Morgan fingerprint density at radius 2 is 1.91 bits per heavy atom. The molecule has 3 aromatic rings. The maximum Gasteiger partial charge on any atom is 0.155 e. The van der Waals surface area contributed by atoms with Gasteiger partial charge in [-0.15, -0.1) is 0 Å². The highest BCUT2D eigenvalue weighted by Gasteiger charge is 2.04. The number of anilines is 2. The SMILES string of the molecule is Cc1cnn(-c2cccc(Nc3ccc(C(C)C)cn3)n2)c1. The van der Waals surface area contributed by atoms with Crippen LogP contribution in [-0.2, 0) is 0 Å². The highest BCUT2D eigenvalue weighted by molar-refractivity contribution is 5.53. The second kappa shape index (κ2) is 5.97. The Morgan fingerprint density at radius 1 is 1.05 bits per heavy atom. The molecule has 0 aliphatic carbocycles. The summed E-state index contributed by atoms with van der Waals surface area (Å²) in [5.41, 5.74) is 2.32. The fourth-order valence-electron chi connectivity index (χ4n) is 2.11. The van der Waals surface area contributed by atoms with Gasteiger partial charge >= 0.3 is 0 Å². The van der Waals surface area contributed by atoms with Crippen LogP contribution in [0, 0.1) is 6.92 Å². The van der Waals surface area contributed by atoms with Gasteiger partial charge in [-0.25, -0.2) is 14.6 Å². The number of rotatable bonds is 4. The normalized spacial score (nSPS) is 10.9. The highest BCUT2D eigenvalue weighted by atomic mass is 15.3. The highest BCUT2D eigenvalue weighted by Crippen LogP contribution is 2.17. The van der Waals surface area contributed by atoms with E-state index >= 15 is 0 Å². The van der Waals surface area contributed by atoms with Crippen LogP contribution in [0.5, 0.6) is 0 Å². The number of nitrogens with one attached hydrogen (secondary N) is 1. The van der Waals surface area contributed by atoms with Gasteiger partial charge in [0.1, 0.15) is 11.6 Å². The van der Waals surface area contributed by atoms with Crippen molar-refractivity contribution < 1.29 is 0 Å². The lowest BCUT2D eigenvalue weighted by Crippen LogP contribution is -2.02. The summed E-state index contributed by atoms with van der Waals surface area (Å²) in [6, 6.07) is 9.84. The van der Waals surface area contributed by atoms with Crippen LogP contribution in [0.4, 0.5) is 11.6 Å². The average molecular weight is 293 g/mol. The van der Waals surface area contributed by atoms with Crippen molar-refractivity contribution in [2.45, 2.75) is 26.7 Å². The summed E-state index contributed by atoms with van der Waals surface area (Å²) in [4.78, 5) is 8.99. The number of hydrogen-bond donors (Lipinski definition) is 1. The molecule has 0 aliphatic rings. The lowest BCUT2D eigenvalue weighted by molar-refractivity contribution is 0.847. The first-order valence-electron chi connectivity index (χ1n) is 7.33. The third-order valence-electron chi connectivity index (χ3n) is 3.39. The van der Waals surface area contributed by atoms with Crippen LogP contribution >= 0.6 is 0 Å². The van der Waals surface area contributed by atoms with Crippen LogP contribution < -0.4 is 5.32 Å². The van der Waals surface area contributed by atoms with Gasteiger partial charge in [-0.2, -0.15) is 5.10 Å². The lowest BCUT2D eigenvalue weighted by Gasteiger charge is -2.09. The summed E-state index contributed by atoms with van der Waals surface area (Å²) in [6.07, 6.45) is 5.66. The molecule has 3 aromatic heterocycles. The summed E-state index contributed by atoms with van der Waals surface area (Å²) in [5, 5.41) is 7.50. The van der Waals surface area contributed by atoms with Crippen molar-refractivity contribution in [1.82, 2.24) is 19.7 Å². The minimum absolute atomic E-state index is 0.478. The molecule has 3 heterocycles. The zero-order valence-corrected chi connectivity index (χ0v) is 13.0. The summed E-state index contributed by atoms with van der Waals surface area (Å²) in [6.45, 7) is 6.31. The van der Waals surface area contributed by atoms with Crippen molar-refractivity contribution in [3.63, 3.8) is 0 Å². The Hall–Kier alpha value is -2.69. The van der Waals surface area contributed by atoms with Gasteiger partial charge in [0.15, 0.2) is 5.82 Å². The van der Waals surface area contributed by atoms with Crippen LogP contribution in [0.2, 0.25) is 0 Å². The first-order valence-corrected chi connectivity index (χ1v) is 7.33. The average Bonchev–Trinajstić information content (AvgIpc) is 2.95. The van der Waals surface area contributed by atoms with Gasteiger partial charge in [-0.1, -0.05) is 26.0 Å². The first kappa shape index (κ1) is 14.3. The topological polar surface area (TPSA) is 55.6 Å². The van der Waals surface area contributed by atoms with Crippen LogP contribution in [0.3, 0.4) is 0 Å². The molecule has 0 saturated heterocycles. The largest absolute Gasteiger partial charge is 0.325 e. The molecule has 5 nitrogen and oxygen atoms in total. The fraction of sp³-hybridized carbons (Fsp3) is 0.235. The molecule has 0 amide bonds. The van der Waals surface area contributed by atoms with Crippen LogP contribution in [0.15, 0.2) is 48.9 Å². The second-order valence-electron chi connectivity index (χ2n) is 5.60. The first-order chi connectivity index (χ1) is 10.6. The number of nitrogens with zero attached hydrogens (tertiary/aromatic N) is 4. The van der Waals surface area contributed by atoms with Crippen LogP contribution in [-0.4, -0.2) is 19.7 Å². The van der Waals surface area contributed by atoms with Gasteiger partial charge in [-0.3, -0.25) is 0 Å². The van der Waals surface area contributed by atoms with Gasteiger partial charge < -0.3 is 5.32 Å². The van der Waals surface area contributed by atoms with Crippen molar-refractivity contribution in [2.75, 3.05) is 5.32 Å². The Bertz CT molecular complexity index is 759. The smallest absolute Gasteiger partial charge is 0.155 e. The van der Waals surface area contributed by atoms with E-state index in [1.807, 2.05) is 49.8 Å². The van der Waals surface area contributed by atoms with E-state index in [-0.39, 0.29) is 0 Å². The molecule has 0 spiro atoms. The van der Waals surface area contributed by atoms with E-state index in [4.69, 9.17) is 0 Å². The van der Waals surface area contributed by atoms with Crippen molar-refractivity contribution in [1.29, 1.82) is 0 Å².